The van der Waals surface area contributed by atoms with Crippen LogP contribution < -0.4 is 11.0 Å². The molecule has 1 fully saturated rings. The van der Waals surface area contributed by atoms with E-state index in [0.717, 1.165) is 9.15 Å². The molecule has 3 aromatic rings. The second kappa shape index (κ2) is 8.42. The lowest BCUT2D eigenvalue weighted by Gasteiger charge is -2.40. The number of nitrogens with one attached hydrogen (secondary N) is 1. The molecular formula is C20H20BrN3O6. The Balaban J connectivity index is 1.83. The maximum Gasteiger partial charge on any atom is 0.280 e. The fourth-order valence-electron chi connectivity index (χ4n) is 3.38. The summed E-state index contributed by atoms with van der Waals surface area (Å²) < 4.78 is 7.48. The summed E-state index contributed by atoms with van der Waals surface area (Å²) in [6.07, 6.45) is -7.02. The maximum atomic E-state index is 13.2. The third-order valence-electron chi connectivity index (χ3n) is 5.03. The van der Waals surface area contributed by atoms with Crippen LogP contribution in [-0.2, 0) is 4.74 Å². The summed E-state index contributed by atoms with van der Waals surface area (Å²) in [7, 11) is 0. The van der Waals surface area contributed by atoms with Gasteiger partial charge in [-0.1, -0.05) is 40.2 Å². The molecule has 30 heavy (non-hydrogen) atoms. The van der Waals surface area contributed by atoms with Gasteiger partial charge in [0.05, 0.1) is 17.5 Å². The van der Waals surface area contributed by atoms with Crippen LogP contribution in [-0.4, -0.2) is 67.3 Å². The summed E-state index contributed by atoms with van der Waals surface area (Å²) >= 11 is 3.37. The molecule has 5 atom stereocenters. The Morgan fingerprint density at radius 1 is 1.03 bits per heavy atom. The zero-order valence-corrected chi connectivity index (χ0v) is 17.2. The number of aliphatic hydroxyl groups excluding tert-OH is 4. The lowest BCUT2D eigenvalue weighted by atomic mass is 9.99. The number of benzene rings is 2. The first-order chi connectivity index (χ1) is 14.4. The van der Waals surface area contributed by atoms with Crippen molar-refractivity contribution in [3.8, 4) is 11.4 Å². The van der Waals surface area contributed by atoms with Gasteiger partial charge in [0, 0.05) is 10.0 Å². The topological polar surface area (TPSA) is 137 Å². The molecule has 0 bridgehead atoms. The SMILES string of the molecule is O=c1c2ccccc2nc(-c2ccc(Br)cc2)n1N[C@H]1O[C@@H](CO)[C@@H](O)[C@@H](O)[C@H]1O. The van der Waals surface area contributed by atoms with Crippen LogP contribution in [0.25, 0.3) is 22.3 Å². The Kier molecular flexibility index (Phi) is 5.87. The lowest BCUT2D eigenvalue weighted by molar-refractivity contribution is -0.224. The molecule has 1 aliphatic rings. The van der Waals surface area contributed by atoms with Gasteiger partial charge in [0.25, 0.3) is 5.56 Å². The van der Waals surface area contributed by atoms with Crippen molar-refractivity contribution in [3.63, 3.8) is 0 Å². The van der Waals surface area contributed by atoms with E-state index in [0.29, 0.717) is 16.5 Å². The normalized spacial score (nSPS) is 26.6. The van der Waals surface area contributed by atoms with E-state index in [1.807, 2.05) is 0 Å². The molecule has 5 N–H and O–H groups in total. The first-order valence-corrected chi connectivity index (χ1v) is 10.0. The van der Waals surface area contributed by atoms with Crippen molar-refractivity contribution < 1.29 is 25.2 Å². The van der Waals surface area contributed by atoms with Gasteiger partial charge in [-0.05, 0) is 24.3 Å². The Morgan fingerprint density at radius 3 is 2.43 bits per heavy atom. The second-order valence-corrected chi connectivity index (χ2v) is 7.89. The summed E-state index contributed by atoms with van der Waals surface area (Å²) in [6, 6.07) is 14.0. The molecule has 0 spiro atoms. The molecule has 0 amide bonds. The predicted octanol–water partition coefficient (Wildman–Crippen LogP) is 0.169. The van der Waals surface area contributed by atoms with Gasteiger partial charge in [-0.2, -0.15) is 0 Å². The first-order valence-electron chi connectivity index (χ1n) is 9.25. The molecule has 10 heteroatoms. The Bertz CT molecular complexity index is 1100. The fraction of sp³-hybridized carbons (Fsp3) is 0.300. The molecule has 0 aliphatic carbocycles. The highest BCUT2D eigenvalue weighted by Gasteiger charge is 2.44. The van der Waals surface area contributed by atoms with Gasteiger partial charge in [0.1, 0.15) is 24.4 Å². The number of hydrogen-bond acceptors (Lipinski definition) is 8. The number of hydrogen-bond donors (Lipinski definition) is 5. The van der Waals surface area contributed by atoms with E-state index in [1.165, 1.54) is 0 Å². The number of rotatable bonds is 4. The van der Waals surface area contributed by atoms with Gasteiger partial charge in [-0.15, -0.1) is 0 Å². The monoisotopic (exact) mass is 477 g/mol. The molecule has 2 aromatic carbocycles. The summed E-state index contributed by atoms with van der Waals surface area (Å²) in [4.78, 5) is 17.8. The number of nitrogens with zero attached hydrogens (tertiary/aromatic N) is 2. The van der Waals surface area contributed by atoms with Crippen molar-refractivity contribution in [2.45, 2.75) is 30.6 Å². The number of aromatic nitrogens is 2. The number of halogens is 1. The molecular weight excluding hydrogens is 458 g/mol. The third kappa shape index (κ3) is 3.73. The van der Waals surface area contributed by atoms with Gasteiger partial charge < -0.3 is 25.2 Å². The van der Waals surface area contributed by atoms with Crippen LogP contribution in [0.5, 0.6) is 0 Å². The van der Waals surface area contributed by atoms with Crippen molar-refractivity contribution in [3.05, 3.63) is 63.4 Å². The zero-order valence-electron chi connectivity index (χ0n) is 15.6. The Labute approximate surface area is 179 Å². The largest absolute Gasteiger partial charge is 0.394 e. The van der Waals surface area contributed by atoms with Crippen LogP contribution in [0.4, 0.5) is 0 Å². The molecule has 1 saturated heterocycles. The van der Waals surface area contributed by atoms with Crippen LogP contribution in [0.15, 0.2) is 57.8 Å². The minimum absolute atomic E-state index is 0.267. The van der Waals surface area contributed by atoms with E-state index in [9.17, 15) is 25.2 Å². The summed E-state index contributed by atoms with van der Waals surface area (Å²) in [5.74, 6) is 0.267. The Hall–Kier alpha value is -2.34. The van der Waals surface area contributed by atoms with E-state index < -0.39 is 42.8 Å². The molecule has 0 saturated carbocycles. The van der Waals surface area contributed by atoms with Crippen molar-refractivity contribution >= 4 is 26.8 Å². The molecule has 158 valence electrons. The van der Waals surface area contributed by atoms with Crippen molar-refractivity contribution in [2.24, 2.45) is 0 Å². The third-order valence-corrected chi connectivity index (χ3v) is 5.56. The van der Waals surface area contributed by atoms with Gasteiger partial charge in [-0.3, -0.25) is 10.2 Å². The second-order valence-electron chi connectivity index (χ2n) is 6.98. The number of fused-ring (bicyclic) bond motifs is 1. The predicted molar refractivity (Wildman–Crippen MR) is 112 cm³/mol. The van der Waals surface area contributed by atoms with E-state index in [-0.39, 0.29) is 5.82 Å². The fourth-order valence-corrected chi connectivity index (χ4v) is 3.64. The first kappa shape index (κ1) is 20.9. The maximum absolute atomic E-state index is 13.2. The smallest absolute Gasteiger partial charge is 0.280 e. The highest BCUT2D eigenvalue weighted by molar-refractivity contribution is 9.10. The molecule has 2 heterocycles. The van der Waals surface area contributed by atoms with Crippen LogP contribution in [0.1, 0.15) is 0 Å². The number of aliphatic hydroxyl groups is 4. The standard InChI is InChI=1S/C20H20BrN3O6/c21-11-7-5-10(6-8-11)18-22-13-4-2-1-3-12(13)20(29)24(18)23-19-17(28)16(27)15(26)14(9-25)30-19/h1-8,14-17,19,23,25-28H,9H2/t14-,15+,16+,17+,19-/m0/s1. The molecule has 4 rings (SSSR count). The Morgan fingerprint density at radius 2 is 1.73 bits per heavy atom. The highest BCUT2D eigenvalue weighted by Crippen LogP contribution is 2.23. The number of para-hydroxylation sites is 1. The van der Waals surface area contributed by atoms with Crippen LogP contribution in [0, 0.1) is 0 Å². The van der Waals surface area contributed by atoms with Gasteiger partial charge in [-0.25, -0.2) is 9.66 Å². The molecule has 1 aliphatic heterocycles. The van der Waals surface area contributed by atoms with E-state index in [4.69, 9.17) is 4.74 Å². The van der Waals surface area contributed by atoms with Gasteiger partial charge in [0.15, 0.2) is 12.1 Å². The summed E-state index contributed by atoms with van der Waals surface area (Å²) in [5.41, 5.74) is 3.44. The van der Waals surface area contributed by atoms with Gasteiger partial charge >= 0.3 is 0 Å². The summed E-state index contributed by atoms with van der Waals surface area (Å²) in [6.45, 7) is -0.576. The minimum Gasteiger partial charge on any atom is -0.394 e. The van der Waals surface area contributed by atoms with E-state index in [2.05, 4.69) is 26.3 Å². The summed E-state index contributed by atoms with van der Waals surface area (Å²) in [5, 5.41) is 40.2. The quantitative estimate of drug-likeness (QED) is 0.358. The molecule has 9 nitrogen and oxygen atoms in total. The highest BCUT2D eigenvalue weighted by atomic mass is 79.9. The lowest BCUT2D eigenvalue weighted by Crippen LogP contribution is -2.62. The van der Waals surface area contributed by atoms with Crippen LogP contribution >= 0.6 is 15.9 Å². The number of ether oxygens (including phenoxy) is 1. The average Bonchev–Trinajstić information content (AvgIpc) is 2.76. The zero-order chi connectivity index (χ0) is 21.4. The van der Waals surface area contributed by atoms with Crippen LogP contribution in [0.3, 0.4) is 0 Å². The van der Waals surface area contributed by atoms with Crippen molar-refractivity contribution in [1.82, 2.24) is 9.66 Å². The van der Waals surface area contributed by atoms with E-state index in [1.54, 1.807) is 48.5 Å². The molecule has 0 radical (unpaired) electrons. The van der Waals surface area contributed by atoms with E-state index >= 15 is 0 Å². The van der Waals surface area contributed by atoms with Crippen molar-refractivity contribution in [1.29, 1.82) is 0 Å². The van der Waals surface area contributed by atoms with Crippen LogP contribution in [0.2, 0.25) is 0 Å². The molecule has 1 aromatic heterocycles. The van der Waals surface area contributed by atoms with Gasteiger partial charge in [0.2, 0.25) is 0 Å². The molecule has 0 unspecified atom stereocenters. The minimum atomic E-state index is -1.58. The van der Waals surface area contributed by atoms with Crippen molar-refractivity contribution in [2.75, 3.05) is 12.0 Å². The average molecular weight is 478 g/mol.